The van der Waals surface area contributed by atoms with Gasteiger partial charge in [-0.2, -0.15) is 0 Å². The molecule has 2 fully saturated rings. The molecule has 0 saturated carbocycles. The Hall–Kier alpha value is -4.16. The molecule has 9 nitrogen and oxygen atoms in total. The van der Waals surface area contributed by atoms with Gasteiger partial charge in [0.2, 0.25) is 0 Å². The molecule has 45 heavy (non-hydrogen) atoms. The lowest BCUT2D eigenvalue weighted by molar-refractivity contribution is -0.122. The number of fused-ring (bicyclic) bond motifs is 1. The van der Waals surface area contributed by atoms with Crippen molar-refractivity contribution in [3.8, 4) is 22.6 Å². The number of thiocarbonyl (C=S) groups is 1. The van der Waals surface area contributed by atoms with Gasteiger partial charge in [0.05, 0.1) is 30.3 Å². The van der Waals surface area contributed by atoms with Gasteiger partial charge in [-0.25, -0.2) is 4.79 Å². The van der Waals surface area contributed by atoms with Crippen LogP contribution in [-0.4, -0.2) is 88.7 Å². The molecular weight excluding hydrogens is 611 g/mol. The highest BCUT2D eigenvalue weighted by Crippen LogP contribution is 2.36. The summed E-state index contributed by atoms with van der Waals surface area (Å²) in [6.45, 7) is 5.49. The average Bonchev–Trinajstić information content (AvgIpc) is 3.63. The standard InChI is InChI=1S/C34H33N3O6S2/c38-32-31(45-34(44)37(32)12-1-16-42-27-7-5-25(6-8-27)33(39)40)21-23-2-9-30(43-19-15-36-13-17-41-18-14-36)28(20-23)26-4-3-24-10-11-35-29(24)22-26/h2-11,20-22,35H,1,12-19H2,(H,39,40)/b31-21-. The quantitative estimate of drug-likeness (QED) is 0.111. The number of nitrogens with one attached hydrogen (secondary N) is 1. The summed E-state index contributed by atoms with van der Waals surface area (Å²) in [6, 6.07) is 20.6. The molecule has 1 amide bonds. The first-order chi connectivity index (χ1) is 21.9. The number of rotatable bonds is 12. The second-order valence-electron chi connectivity index (χ2n) is 10.7. The van der Waals surface area contributed by atoms with E-state index in [9.17, 15) is 9.59 Å². The first-order valence-electron chi connectivity index (χ1n) is 14.8. The first kappa shape index (κ1) is 30.8. The van der Waals surface area contributed by atoms with E-state index in [1.807, 2.05) is 30.5 Å². The number of carbonyl (C=O) groups excluding carboxylic acids is 1. The van der Waals surface area contributed by atoms with E-state index in [2.05, 4.69) is 34.1 Å². The highest BCUT2D eigenvalue weighted by Gasteiger charge is 2.31. The second kappa shape index (κ2) is 14.3. The number of aromatic nitrogens is 1. The Morgan fingerprint density at radius 1 is 1.00 bits per heavy atom. The second-order valence-corrected chi connectivity index (χ2v) is 12.4. The van der Waals surface area contributed by atoms with Crippen LogP contribution in [-0.2, 0) is 9.53 Å². The third kappa shape index (κ3) is 7.56. The van der Waals surface area contributed by atoms with Crippen molar-refractivity contribution >= 4 is 57.2 Å². The summed E-state index contributed by atoms with van der Waals surface area (Å²) in [5, 5.41) is 10.2. The molecule has 0 aliphatic carbocycles. The van der Waals surface area contributed by atoms with E-state index in [0.717, 1.165) is 66.2 Å². The lowest BCUT2D eigenvalue weighted by atomic mass is 10.0. The normalized spacial score (nSPS) is 16.5. The number of nitrogens with zero attached hydrogens (tertiary/aromatic N) is 2. The SMILES string of the molecule is O=C(O)c1ccc(OCCCN2C(=O)/C(=C/c3ccc(OCCN4CCOCC4)c(-c4ccc5cc[nH]c5c4)c3)SC2=S)cc1. The van der Waals surface area contributed by atoms with Crippen molar-refractivity contribution in [2.75, 3.05) is 52.6 Å². The number of amides is 1. The average molecular weight is 644 g/mol. The number of hydrogen-bond acceptors (Lipinski definition) is 8. The Bertz CT molecular complexity index is 1730. The van der Waals surface area contributed by atoms with Crippen LogP contribution in [0, 0.1) is 0 Å². The molecule has 2 aliphatic rings. The lowest BCUT2D eigenvalue weighted by Gasteiger charge is -2.26. The Balaban J connectivity index is 1.13. The van der Waals surface area contributed by atoms with Gasteiger partial charge < -0.3 is 24.3 Å². The highest BCUT2D eigenvalue weighted by molar-refractivity contribution is 8.26. The van der Waals surface area contributed by atoms with E-state index in [0.29, 0.717) is 41.2 Å². The van der Waals surface area contributed by atoms with E-state index < -0.39 is 5.97 Å². The van der Waals surface area contributed by atoms with E-state index in [1.54, 1.807) is 17.0 Å². The van der Waals surface area contributed by atoms with Crippen molar-refractivity contribution in [1.82, 2.24) is 14.8 Å². The molecule has 6 rings (SSSR count). The molecule has 1 aromatic heterocycles. The van der Waals surface area contributed by atoms with Crippen LogP contribution in [0.2, 0.25) is 0 Å². The molecule has 11 heteroatoms. The molecule has 0 atom stereocenters. The Morgan fingerprint density at radius 3 is 2.62 bits per heavy atom. The van der Waals surface area contributed by atoms with Crippen LogP contribution in [0.1, 0.15) is 22.3 Å². The maximum absolute atomic E-state index is 13.3. The molecule has 3 heterocycles. The minimum Gasteiger partial charge on any atom is -0.494 e. The summed E-state index contributed by atoms with van der Waals surface area (Å²) in [6.07, 6.45) is 4.38. The van der Waals surface area contributed by atoms with Crippen LogP contribution in [0.3, 0.4) is 0 Å². The number of aromatic carboxylic acids is 1. The van der Waals surface area contributed by atoms with Crippen LogP contribution in [0.5, 0.6) is 11.5 Å². The number of aromatic amines is 1. The number of ether oxygens (including phenoxy) is 3. The number of thioether (sulfide) groups is 1. The maximum atomic E-state index is 13.3. The van der Waals surface area contributed by atoms with Gasteiger partial charge >= 0.3 is 5.97 Å². The molecule has 2 N–H and O–H groups in total. The van der Waals surface area contributed by atoms with Crippen molar-refractivity contribution in [3.63, 3.8) is 0 Å². The monoisotopic (exact) mass is 643 g/mol. The number of morpholine rings is 1. The van der Waals surface area contributed by atoms with Gasteiger partial charge in [-0.15, -0.1) is 0 Å². The molecule has 4 aromatic rings. The summed E-state index contributed by atoms with van der Waals surface area (Å²) >= 11 is 6.84. The highest BCUT2D eigenvalue weighted by atomic mass is 32.2. The van der Waals surface area contributed by atoms with Crippen molar-refractivity contribution in [2.24, 2.45) is 0 Å². The number of H-pyrrole nitrogens is 1. The van der Waals surface area contributed by atoms with Crippen LogP contribution in [0.25, 0.3) is 28.1 Å². The van der Waals surface area contributed by atoms with Crippen molar-refractivity contribution in [1.29, 1.82) is 0 Å². The topological polar surface area (TPSA) is 104 Å². The zero-order valence-electron chi connectivity index (χ0n) is 24.6. The zero-order chi connectivity index (χ0) is 31.2. The Labute approximate surface area is 270 Å². The molecule has 2 aliphatic heterocycles. The van der Waals surface area contributed by atoms with Crippen LogP contribution < -0.4 is 9.47 Å². The van der Waals surface area contributed by atoms with Gasteiger partial charge in [-0.1, -0.05) is 42.2 Å². The minimum absolute atomic E-state index is 0.129. The molecule has 232 valence electrons. The van der Waals surface area contributed by atoms with Crippen molar-refractivity contribution < 1.29 is 28.9 Å². The summed E-state index contributed by atoms with van der Waals surface area (Å²) in [7, 11) is 0. The predicted molar refractivity (Wildman–Crippen MR) is 180 cm³/mol. The number of carboxylic acid groups (broad SMARTS) is 1. The van der Waals surface area contributed by atoms with Crippen LogP contribution in [0.15, 0.2) is 77.8 Å². The molecular formula is C34H33N3O6S2. The molecule has 2 saturated heterocycles. The zero-order valence-corrected chi connectivity index (χ0v) is 26.2. The van der Waals surface area contributed by atoms with E-state index in [4.69, 9.17) is 31.5 Å². The first-order valence-corrected chi connectivity index (χ1v) is 16.0. The summed E-state index contributed by atoms with van der Waals surface area (Å²) in [5.41, 5.74) is 4.09. The van der Waals surface area contributed by atoms with E-state index >= 15 is 0 Å². The van der Waals surface area contributed by atoms with Crippen LogP contribution in [0.4, 0.5) is 0 Å². The molecule has 0 radical (unpaired) electrons. The minimum atomic E-state index is -0.984. The van der Waals surface area contributed by atoms with E-state index in [1.165, 1.54) is 23.9 Å². The summed E-state index contributed by atoms with van der Waals surface area (Å²) in [5.74, 6) is 0.250. The Morgan fingerprint density at radius 2 is 1.82 bits per heavy atom. The number of benzene rings is 3. The largest absolute Gasteiger partial charge is 0.494 e. The fraction of sp³-hybridized carbons (Fsp3) is 0.265. The van der Waals surface area contributed by atoms with Gasteiger partial charge in [-0.05, 0) is 77.5 Å². The predicted octanol–water partition coefficient (Wildman–Crippen LogP) is 5.91. The number of hydrogen-bond donors (Lipinski definition) is 2. The van der Waals surface area contributed by atoms with Crippen LogP contribution >= 0.6 is 24.0 Å². The van der Waals surface area contributed by atoms with Gasteiger partial charge in [0.15, 0.2) is 0 Å². The third-order valence-corrected chi connectivity index (χ3v) is 9.08. The van der Waals surface area contributed by atoms with Gasteiger partial charge in [-0.3, -0.25) is 14.6 Å². The van der Waals surface area contributed by atoms with Crippen molar-refractivity contribution in [2.45, 2.75) is 6.42 Å². The van der Waals surface area contributed by atoms with Gasteiger partial charge in [0.1, 0.15) is 22.4 Å². The smallest absolute Gasteiger partial charge is 0.335 e. The summed E-state index contributed by atoms with van der Waals surface area (Å²) < 4.78 is 18.0. The molecule has 0 unspecified atom stereocenters. The van der Waals surface area contributed by atoms with Gasteiger partial charge in [0.25, 0.3) is 5.91 Å². The third-order valence-electron chi connectivity index (χ3n) is 7.71. The number of carbonyl (C=O) groups is 2. The summed E-state index contributed by atoms with van der Waals surface area (Å²) in [4.78, 5) is 32.2. The number of carboxylic acids is 1. The van der Waals surface area contributed by atoms with E-state index in [-0.39, 0.29) is 11.5 Å². The Kier molecular flexibility index (Phi) is 9.80. The molecule has 0 spiro atoms. The van der Waals surface area contributed by atoms with Crippen molar-refractivity contribution in [3.05, 3.63) is 89.0 Å². The molecule has 3 aromatic carbocycles. The fourth-order valence-electron chi connectivity index (χ4n) is 5.26. The lowest BCUT2D eigenvalue weighted by Crippen LogP contribution is -2.38. The molecule has 0 bridgehead atoms. The maximum Gasteiger partial charge on any atom is 0.335 e. The fourth-order valence-corrected chi connectivity index (χ4v) is 6.57. The van der Waals surface area contributed by atoms with Gasteiger partial charge in [0, 0.05) is 43.5 Å².